The number of carbonyl (C=O) groups excluding carboxylic acids is 2. The second kappa shape index (κ2) is 8.31. The second-order valence-corrected chi connectivity index (χ2v) is 6.51. The largest absolute Gasteiger partial charge is 0.469 e. The van der Waals surface area contributed by atoms with Crippen molar-refractivity contribution in [2.75, 3.05) is 21.2 Å². The van der Waals surface area contributed by atoms with E-state index >= 15 is 0 Å². The molecule has 0 saturated carbocycles. The first-order valence-electron chi connectivity index (χ1n) is 7.90. The fraction of sp³-hybridized carbons (Fsp3) is 0.389. The Bertz CT molecular complexity index is 756. The third-order valence-electron chi connectivity index (χ3n) is 3.92. The molecule has 0 bridgehead atoms. The lowest BCUT2D eigenvalue weighted by Crippen LogP contribution is -2.39. The number of ether oxygens (including phenoxy) is 1. The molecule has 0 radical (unpaired) electrons. The molecule has 1 aromatic carbocycles. The van der Waals surface area contributed by atoms with E-state index in [-0.39, 0.29) is 34.1 Å². The maximum Gasteiger partial charge on any atom is 0.313 e. The summed E-state index contributed by atoms with van der Waals surface area (Å²) in [5, 5.41) is 4.11. The standard InChI is InChI=1S/C18H20ClFN2O4/c1-10(23)12(9-22(2)3)17-11(18(24)25-4)8-15(21-26-17)16-13(19)6-5-7-14(16)20/h5-7,9,11,17H,8H2,1-4H3/b12-9+. The van der Waals surface area contributed by atoms with E-state index in [1.807, 2.05) is 0 Å². The van der Waals surface area contributed by atoms with Crippen LogP contribution in [0.25, 0.3) is 0 Å². The summed E-state index contributed by atoms with van der Waals surface area (Å²) in [6.45, 7) is 1.37. The number of oxime groups is 1. The van der Waals surface area contributed by atoms with Gasteiger partial charge in [0, 0.05) is 26.7 Å². The summed E-state index contributed by atoms with van der Waals surface area (Å²) < 4.78 is 19.0. The Kier molecular flexibility index (Phi) is 6.37. The molecule has 2 rings (SSSR count). The van der Waals surface area contributed by atoms with Crippen LogP contribution < -0.4 is 0 Å². The third kappa shape index (κ3) is 4.22. The fourth-order valence-electron chi connectivity index (χ4n) is 2.74. The summed E-state index contributed by atoms with van der Waals surface area (Å²) in [6, 6.07) is 4.24. The van der Waals surface area contributed by atoms with Gasteiger partial charge in [-0.3, -0.25) is 9.59 Å². The van der Waals surface area contributed by atoms with Crippen LogP contribution in [0.3, 0.4) is 0 Å². The Labute approximate surface area is 156 Å². The number of Topliss-reactive ketones (excluding diaryl/α,β-unsaturated/α-hetero) is 1. The molecule has 8 heteroatoms. The molecule has 0 amide bonds. The number of methoxy groups -OCH3 is 1. The van der Waals surface area contributed by atoms with E-state index in [0.717, 1.165) is 0 Å². The van der Waals surface area contributed by atoms with Crippen molar-refractivity contribution in [1.82, 2.24) is 4.90 Å². The summed E-state index contributed by atoms with van der Waals surface area (Å²) in [4.78, 5) is 31.5. The van der Waals surface area contributed by atoms with Crippen molar-refractivity contribution in [2.24, 2.45) is 11.1 Å². The van der Waals surface area contributed by atoms with Gasteiger partial charge in [-0.05, 0) is 19.1 Å². The lowest BCUT2D eigenvalue weighted by atomic mass is 9.87. The molecular formula is C18H20ClFN2O4. The number of nitrogens with zero attached hydrogens (tertiary/aromatic N) is 2. The van der Waals surface area contributed by atoms with Gasteiger partial charge in [0.2, 0.25) is 0 Å². The van der Waals surface area contributed by atoms with Gasteiger partial charge < -0.3 is 14.5 Å². The van der Waals surface area contributed by atoms with E-state index in [2.05, 4.69) is 5.16 Å². The van der Waals surface area contributed by atoms with Crippen molar-refractivity contribution < 1.29 is 23.6 Å². The van der Waals surface area contributed by atoms with E-state index in [1.165, 1.54) is 32.2 Å². The predicted molar refractivity (Wildman–Crippen MR) is 95.4 cm³/mol. The van der Waals surface area contributed by atoms with E-state index in [4.69, 9.17) is 21.2 Å². The van der Waals surface area contributed by atoms with Crippen molar-refractivity contribution in [3.8, 4) is 0 Å². The van der Waals surface area contributed by atoms with Gasteiger partial charge in [0.05, 0.1) is 29.0 Å². The molecule has 140 valence electrons. The molecule has 1 aromatic rings. The molecule has 0 saturated heterocycles. The van der Waals surface area contributed by atoms with Crippen LogP contribution in [0.1, 0.15) is 18.9 Å². The highest BCUT2D eigenvalue weighted by atomic mass is 35.5. The van der Waals surface area contributed by atoms with E-state index in [9.17, 15) is 14.0 Å². The number of benzene rings is 1. The maximum atomic E-state index is 14.2. The van der Waals surface area contributed by atoms with Crippen LogP contribution in [0.5, 0.6) is 0 Å². The number of ketones is 1. The molecule has 0 fully saturated rings. The molecular weight excluding hydrogens is 363 g/mol. The molecule has 0 aliphatic carbocycles. The van der Waals surface area contributed by atoms with Crippen molar-refractivity contribution in [3.63, 3.8) is 0 Å². The van der Waals surface area contributed by atoms with Crippen molar-refractivity contribution in [3.05, 3.63) is 46.4 Å². The Hall–Kier alpha value is -2.41. The highest BCUT2D eigenvalue weighted by Gasteiger charge is 2.40. The number of halogens is 2. The van der Waals surface area contributed by atoms with Crippen LogP contribution in [0.4, 0.5) is 4.39 Å². The number of esters is 1. The van der Waals surface area contributed by atoms with E-state index < -0.39 is 23.8 Å². The third-order valence-corrected chi connectivity index (χ3v) is 4.24. The zero-order valence-corrected chi connectivity index (χ0v) is 15.7. The van der Waals surface area contributed by atoms with Crippen LogP contribution in [0.15, 0.2) is 35.1 Å². The maximum absolute atomic E-state index is 14.2. The average Bonchev–Trinajstić information content (AvgIpc) is 2.58. The predicted octanol–water partition coefficient (Wildman–Crippen LogP) is 2.80. The van der Waals surface area contributed by atoms with Gasteiger partial charge in [0.25, 0.3) is 0 Å². The number of rotatable bonds is 5. The number of hydrogen-bond donors (Lipinski definition) is 0. The van der Waals surface area contributed by atoms with Gasteiger partial charge in [0.1, 0.15) is 11.7 Å². The zero-order chi connectivity index (χ0) is 19.4. The molecule has 0 spiro atoms. The van der Waals surface area contributed by atoms with E-state index in [0.29, 0.717) is 0 Å². The van der Waals surface area contributed by atoms with Gasteiger partial charge in [-0.2, -0.15) is 0 Å². The quantitative estimate of drug-likeness (QED) is 0.578. The van der Waals surface area contributed by atoms with Crippen LogP contribution in [0.2, 0.25) is 5.02 Å². The summed E-state index contributed by atoms with van der Waals surface area (Å²) >= 11 is 6.08. The smallest absolute Gasteiger partial charge is 0.313 e. The lowest BCUT2D eigenvalue weighted by molar-refractivity contribution is -0.150. The van der Waals surface area contributed by atoms with Gasteiger partial charge >= 0.3 is 5.97 Å². The van der Waals surface area contributed by atoms with Crippen molar-refractivity contribution in [2.45, 2.75) is 19.4 Å². The average molecular weight is 383 g/mol. The van der Waals surface area contributed by atoms with Crippen LogP contribution in [-0.2, 0) is 19.2 Å². The van der Waals surface area contributed by atoms with Crippen molar-refractivity contribution >= 4 is 29.1 Å². The molecule has 2 unspecified atom stereocenters. The van der Waals surface area contributed by atoms with Gasteiger partial charge in [-0.25, -0.2) is 4.39 Å². The van der Waals surface area contributed by atoms with Crippen LogP contribution in [-0.4, -0.2) is 49.7 Å². The molecule has 0 N–H and O–H groups in total. The SMILES string of the molecule is COC(=O)C1CC(c2c(F)cccc2Cl)=NOC1/C(=C/N(C)C)C(C)=O. The summed E-state index contributed by atoms with van der Waals surface area (Å²) in [5.41, 5.74) is 0.530. The minimum Gasteiger partial charge on any atom is -0.469 e. The molecule has 6 nitrogen and oxygen atoms in total. The number of hydrogen-bond acceptors (Lipinski definition) is 6. The molecule has 0 aromatic heterocycles. The fourth-order valence-corrected chi connectivity index (χ4v) is 3.01. The zero-order valence-electron chi connectivity index (χ0n) is 15.0. The minimum atomic E-state index is -0.934. The van der Waals surface area contributed by atoms with Crippen LogP contribution >= 0.6 is 11.6 Å². The highest BCUT2D eigenvalue weighted by molar-refractivity contribution is 6.34. The van der Waals surface area contributed by atoms with Gasteiger partial charge in [0.15, 0.2) is 11.9 Å². The Balaban J connectivity index is 2.49. The second-order valence-electron chi connectivity index (χ2n) is 6.10. The van der Waals surface area contributed by atoms with E-state index in [1.54, 1.807) is 25.2 Å². The van der Waals surface area contributed by atoms with Crippen molar-refractivity contribution in [1.29, 1.82) is 0 Å². The number of carbonyl (C=O) groups is 2. The summed E-state index contributed by atoms with van der Waals surface area (Å²) in [5.74, 6) is -2.28. The molecule has 1 aliphatic rings. The normalized spacial score (nSPS) is 20.1. The summed E-state index contributed by atoms with van der Waals surface area (Å²) in [7, 11) is 4.73. The Morgan fingerprint density at radius 2 is 2.12 bits per heavy atom. The topological polar surface area (TPSA) is 68.2 Å². The molecule has 2 atom stereocenters. The Morgan fingerprint density at radius 1 is 1.42 bits per heavy atom. The van der Waals surface area contributed by atoms with Gasteiger partial charge in [-0.1, -0.05) is 22.8 Å². The first kappa shape index (κ1) is 19.9. The monoisotopic (exact) mass is 382 g/mol. The van der Waals surface area contributed by atoms with Gasteiger partial charge in [-0.15, -0.1) is 0 Å². The highest BCUT2D eigenvalue weighted by Crippen LogP contribution is 2.31. The first-order valence-corrected chi connectivity index (χ1v) is 8.28. The Morgan fingerprint density at radius 3 is 2.65 bits per heavy atom. The molecule has 1 heterocycles. The first-order chi connectivity index (χ1) is 12.3. The minimum absolute atomic E-state index is 0.0239. The van der Waals surface area contributed by atoms with Crippen LogP contribution in [0, 0.1) is 11.7 Å². The lowest BCUT2D eigenvalue weighted by Gasteiger charge is -2.30. The summed E-state index contributed by atoms with van der Waals surface area (Å²) in [6.07, 6.45) is 0.659. The molecule has 26 heavy (non-hydrogen) atoms. The molecule has 1 aliphatic heterocycles.